The molecule has 4 heterocycles. The molecule has 2 aliphatic rings. The van der Waals surface area contributed by atoms with E-state index in [4.69, 9.17) is 0 Å². The Morgan fingerprint density at radius 2 is 1.66 bits per heavy atom. The zero-order chi connectivity index (χ0) is 22.7. The maximum atomic E-state index is 13.1. The molecule has 0 atom stereocenters. The first kappa shape index (κ1) is 22.3. The molecule has 2 fully saturated rings. The second kappa shape index (κ2) is 9.71. The summed E-state index contributed by atoms with van der Waals surface area (Å²) >= 11 is 0. The Hall–Kier alpha value is -2.90. The van der Waals surface area contributed by atoms with Crippen LogP contribution in [-0.4, -0.2) is 102 Å². The lowest BCUT2D eigenvalue weighted by molar-refractivity contribution is 0.0664. The average molecular weight is 435 g/mol. The van der Waals surface area contributed by atoms with Gasteiger partial charge in [0.25, 0.3) is 5.91 Å². The Morgan fingerprint density at radius 3 is 2.28 bits per heavy atom. The van der Waals surface area contributed by atoms with Gasteiger partial charge in [-0.05, 0) is 38.7 Å². The molecule has 2 saturated heterocycles. The first-order valence-corrected chi connectivity index (χ1v) is 11.4. The number of carbonyl (C=O) groups is 1. The minimum atomic E-state index is 0.0538. The predicted molar refractivity (Wildman–Crippen MR) is 130 cm³/mol. The zero-order valence-electron chi connectivity index (χ0n) is 19.5. The lowest BCUT2D eigenvalue weighted by atomic mass is 10.0. The summed E-state index contributed by atoms with van der Waals surface area (Å²) < 4.78 is 0. The van der Waals surface area contributed by atoms with Crippen molar-refractivity contribution < 1.29 is 4.79 Å². The third-order valence-corrected chi connectivity index (χ3v) is 6.46. The molecule has 7 heteroatoms. The highest BCUT2D eigenvalue weighted by Gasteiger charge is 2.22. The van der Waals surface area contributed by atoms with Crippen LogP contribution >= 0.6 is 0 Å². The Balaban J connectivity index is 1.62. The van der Waals surface area contributed by atoms with Crippen molar-refractivity contribution in [3.63, 3.8) is 0 Å². The Bertz CT molecular complexity index is 1040. The molecular weight excluding hydrogens is 400 g/mol. The van der Waals surface area contributed by atoms with Crippen LogP contribution in [0.4, 0.5) is 0 Å². The molecule has 170 valence electrons. The first-order valence-electron chi connectivity index (χ1n) is 11.4. The van der Waals surface area contributed by atoms with Gasteiger partial charge >= 0.3 is 0 Å². The highest BCUT2D eigenvalue weighted by Crippen LogP contribution is 2.28. The summed E-state index contributed by atoms with van der Waals surface area (Å²) in [5.41, 5.74) is 4.54. The lowest BCUT2D eigenvalue weighted by Crippen LogP contribution is -2.47. The normalized spacial score (nSPS) is 19.3. The number of rotatable bonds is 5. The zero-order valence-corrected chi connectivity index (χ0v) is 19.5. The first-order chi connectivity index (χ1) is 15.5. The fourth-order valence-corrected chi connectivity index (χ4v) is 4.31. The highest BCUT2D eigenvalue weighted by atomic mass is 16.2. The monoisotopic (exact) mass is 434 g/mol. The van der Waals surface area contributed by atoms with Gasteiger partial charge in [0.15, 0.2) is 0 Å². The van der Waals surface area contributed by atoms with Crippen molar-refractivity contribution in [1.82, 2.24) is 29.6 Å². The van der Waals surface area contributed by atoms with E-state index in [0.717, 1.165) is 80.2 Å². The number of aromatic nitrogens is 2. The third-order valence-electron chi connectivity index (χ3n) is 6.46. The topological polar surface area (TPSA) is 58.7 Å². The maximum absolute atomic E-state index is 13.1. The number of amides is 1. The fraction of sp³-hybridized carbons (Fsp3) is 0.440. The number of likely N-dealkylation sites (N-methyl/N-ethyl adjacent to an activating group) is 2. The van der Waals surface area contributed by atoms with E-state index < -0.39 is 0 Å². The Labute approximate surface area is 190 Å². The van der Waals surface area contributed by atoms with Crippen LogP contribution in [0.25, 0.3) is 16.6 Å². The van der Waals surface area contributed by atoms with E-state index in [1.54, 1.807) is 6.20 Å². The van der Waals surface area contributed by atoms with Crippen LogP contribution in [0.1, 0.15) is 22.8 Å². The number of hydrogen-bond donors (Lipinski definition) is 1. The lowest BCUT2D eigenvalue weighted by Gasteiger charge is -2.34. The minimum absolute atomic E-state index is 0.0538. The van der Waals surface area contributed by atoms with Gasteiger partial charge in [0, 0.05) is 81.4 Å². The van der Waals surface area contributed by atoms with Gasteiger partial charge < -0.3 is 24.6 Å². The molecule has 4 rings (SSSR count). The molecule has 7 nitrogen and oxygen atoms in total. The minimum Gasteiger partial charge on any atom is -0.369 e. The quantitative estimate of drug-likeness (QED) is 0.734. The molecule has 1 N–H and O–H groups in total. The van der Waals surface area contributed by atoms with Crippen LogP contribution in [0.2, 0.25) is 0 Å². The van der Waals surface area contributed by atoms with Crippen molar-refractivity contribution in [1.29, 1.82) is 0 Å². The number of H-pyrrole nitrogens is 1. The average Bonchev–Trinajstić information content (AvgIpc) is 3.22. The molecule has 0 bridgehead atoms. The van der Waals surface area contributed by atoms with Gasteiger partial charge in [0.05, 0.1) is 5.56 Å². The van der Waals surface area contributed by atoms with Crippen LogP contribution in [-0.2, 0) is 0 Å². The van der Waals surface area contributed by atoms with Gasteiger partial charge in [-0.1, -0.05) is 18.7 Å². The van der Waals surface area contributed by atoms with Crippen LogP contribution in [0, 0.1) is 0 Å². The van der Waals surface area contributed by atoms with Crippen LogP contribution < -0.4 is 0 Å². The molecular formula is C25H34N6O. The van der Waals surface area contributed by atoms with Crippen LogP contribution in [0.5, 0.6) is 0 Å². The number of fused-ring (bicyclic) bond motifs is 1. The van der Waals surface area contributed by atoms with E-state index in [0.29, 0.717) is 5.56 Å². The molecule has 32 heavy (non-hydrogen) atoms. The van der Waals surface area contributed by atoms with Gasteiger partial charge in [-0.25, -0.2) is 4.98 Å². The molecule has 2 aromatic heterocycles. The Kier molecular flexibility index (Phi) is 6.77. The molecule has 1 amide bonds. The summed E-state index contributed by atoms with van der Waals surface area (Å²) in [6, 6.07) is 1.98. The third kappa shape index (κ3) is 4.79. The van der Waals surface area contributed by atoms with E-state index >= 15 is 0 Å². The summed E-state index contributed by atoms with van der Waals surface area (Å²) in [6.07, 6.45) is 9.94. The molecule has 2 aliphatic heterocycles. The number of pyridine rings is 1. The SMILES string of the molecule is C=C(/C=C(\C=C/C)c1c[nH]c2ncc(C(=O)N3CCN(C)CC3)cc12)N1CCN(C)CC1. The van der Waals surface area contributed by atoms with Crippen LogP contribution in [0.3, 0.4) is 0 Å². The summed E-state index contributed by atoms with van der Waals surface area (Å²) in [7, 11) is 4.24. The summed E-state index contributed by atoms with van der Waals surface area (Å²) in [5.74, 6) is 0.0538. The summed E-state index contributed by atoms with van der Waals surface area (Å²) in [5, 5.41) is 0.959. The van der Waals surface area contributed by atoms with Gasteiger partial charge in [-0.2, -0.15) is 0 Å². The van der Waals surface area contributed by atoms with Gasteiger partial charge in [0.1, 0.15) is 5.65 Å². The van der Waals surface area contributed by atoms with Crippen molar-refractivity contribution in [2.75, 3.05) is 66.5 Å². The van der Waals surface area contributed by atoms with Crippen molar-refractivity contribution in [3.05, 3.63) is 60.1 Å². The fourth-order valence-electron chi connectivity index (χ4n) is 4.31. The number of piperazine rings is 2. The van der Waals surface area contributed by atoms with E-state index in [9.17, 15) is 4.79 Å². The van der Waals surface area contributed by atoms with Crippen molar-refractivity contribution in [3.8, 4) is 0 Å². The molecule has 0 unspecified atom stereocenters. The van der Waals surface area contributed by atoms with Crippen molar-refractivity contribution >= 4 is 22.5 Å². The number of nitrogens with zero attached hydrogens (tertiary/aromatic N) is 5. The molecule has 0 spiro atoms. The van der Waals surface area contributed by atoms with Crippen molar-refractivity contribution in [2.24, 2.45) is 0 Å². The standard InChI is InChI=1S/C25H34N6O/c1-5-6-20(15-19(2)30-11-7-28(3)8-12-30)23-18-27-24-22(23)16-21(17-26-24)25(32)31-13-9-29(4)10-14-31/h5-6,15-18H,2,7-14H2,1,3-4H3,(H,26,27)/b6-5-,20-15+. The number of nitrogens with one attached hydrogen (secondary N) is 1. The van der Waals surface area contributed by atoms with E-state index in [-0.39, 0.29) is 5.91 Å². The van der Waals surface area contributed by atoms with E-state index in [1.165, 1.54) is 0 Å². The molecule has 0 saturated carbocycles. The Morgan fingerprint density at radius 1 is 1.03 bits per heavy atom. The maximum Gasteiger partial charge on any atom is 0.255 e. The molecule has 2 aromatic rings. The summed E-state index contributed by atoms with van der Waals surface area (Å²) in [6.45, 7) is 13.7. The van der Waals surface area contributed by atoms with Gasteiger partial charge in [-0.3, -0.25) is 4.79 Å². The molecule has 0 aliphatic carbocycles. The van der Waals surface area contributed by atoms with Gasteiger partial charge in [0.2, 0.25) is 0 Å². The number of carbonyl (C=O) groups excluding carboxylic acids is 1. The molecule has 0 aromatic carbocycles. The summed E-state index contributed by atoms with van der Waals surface area (Å²) in [4.78, 5) is 29.8. The smallest absolute Gasteiger partial charge is 0.255 e. The van der Waals surface area contributed by atoms with E-state index in [2.05, 4.69) is 57.5 Å². The second-order valence-corrected chi connectivity index (χ2v) is 8.80. The number of aromatic amines is 1. The van der Waals surface area contributed by atoms with Crippen molar-refractivity contribution in [2.45, 2.75) is 6.92 Å². The van der Waals surface area contributed by atoms with Gasteiger partial charge in [-0.15, -0.1) is 0 Å². The molecule has 0 radical (unpaired) electrons. The largest absolute Gasteiger partial charge is 0.369 e. The predicted octanol–water partition coefficient (Wildman–Crippen LogP) is 2.67. The van der Waals surface area contributed by atoms with E-state index in [1.807, 2.05) is 30.2 Å². The number of allylic oxidation sites excluding steroid dienone is 4. The number of hydrogen-bond acceptors (Lipinski definition) is 5. The second-order valence-electron chi connectivity index (χ2n) is 8.80. The highest BCUT2D eigenvalue weighted by molar-refractivity contribution is 6.00. The van der Waals surface area contributed by atoms with Crippen LogP contribution in [0.15, 0.2) is 49.0 Å².